The van der Waals surface area contributed by atoms with E-state index >= 15 is 0 Å². The van der Waals surface area contributed by atoms with E-state index in [-0.39, 0.29) is 16.8 Å². The van der Waals surface area contributed by atoms with Gasteiger partial charge < -0.3 is 19.7 Å². The van der Waals surface area contributed by atoms with Crippen LogP contribution in [0.4, 0.5) is 5.69 Å². The number of hydrogen-bond donors (Lipinski definition) is 2. The molecule has 1 aliphatic heterocycles. The Labute approximate surface area is 192 Å². The summed E-state index contributed by atoms with van der Waals surface area (Å²) in [6, 6.07) is 12.9. The number of Topliss-reactive ketones (excluding diaryl/α,β-unsaturated/α-hetero) is 1. The Balaban J connectivity index is 1.94. The molecule has 9 heteroatoms. The highest BCUT2D eigenvalue weighted by molar-refractivity contribution is 7.12. The summed E-state index contributed by atoms with van der Waals surface area (Å²) in [7, 11) is 2.94. The second kappa shape index (κ2) is 8.79. The Hall–Kier alpha value is -4.11. The number of carboxylic acid groups (broad SMARTS) is 1. The van der Waals surface area contributed by atoms with Gasteiger partial charge in [0, 0.05) is 11.8 Å². The van der Waals surface area contributed by atoms with E-state index in [0.29, 0.717) is 21.9 Å². The molecule has 0 fully saturated rings. The van der Waals surface area contributed by atoms with E-state index in [2.05, 4.69) is 0 Å². The van der Waals surface area contributed by atoms with Crippen LogP contribution in [0.2, 0.25) is 0 Å². The maximum absolute atomic E-state index is 13.4. The molecule has 1 aromatic heterocycles. The van der Waals surface area contributed by atoms with Crippen molar-refractivity contribution >= 4 is 34.7 Å². The molecule has 0 aliphatic carbocycles. The molecule has 8 nitrogen and oxygen atoms in total. The number of nitrogens with zero attached hydrogens (tertiary/aromatic N) is 1. The average molecular weight is 465 g/mol. The molecule has 0 spiro atoms. The van der Waals surface area contributed by atoms with E-state index in [4.69, 9.17) is 9.47 Å². The highest BCUT2D eigenvalue weighted by Gasteiger charge is 2.45. The molecule has 1 atom stereocenters. The van der Waals surface area contributed by atoms with E-state index in [1.54, 1.807) is 41.8 Å². The summed E-state index contributed by atoms with van der Waals surface area (Å²) < 4.78 is 10.7. The lowest BCUT2D eigenvalue weighted by Gasteiger charge is -2.27. The highest BCUT2D eigenvalue weighted by Crippen LogP contribution is 2.44. The van der Waals surface area contributed by atoms with Gasteiger partial charge in [0.1, 0.15) is 11.5 Å². The number of thiophene rings is 1. The molecule has 33 heavy (non-hydrogen) atoms. The second-order valence-corrected chi connectivity index (χ2v) is 8.10. The van der Waals surface area contributed by atoms with E-state index in [1.807, 2.05) is 0 Å². The lowest BCUT2D eigenvalue weighted by molar-refractivity contribution is -0.117. The van der Waals surface area contributed by atoms with Crippen molar-refractivity contribution < 1.29 is 34.1 Å². The number of anilines is 1. The van der Waals surface area contributed by atoms with Crippen molar-refractivity contribution in [2.45, 2.75) is 6.04 Å². The first-order valence-electron chi connectivity index (χ1n) is 9.77. The van der Waals surface area contributed by atoms with Gasteiger partial charge in [0.2, 0.25) is 5.78 Å². The number of carbonyl (C=O) groups is 3. The zero-order valence-electron chi connectivity index (χ0n) is 17.6. The van der Waals surface area contributed by atoms with Crippen molar-refractivity contribution in [3.63, 3.8) is 0 Å². The number of ketones is 1. The van der Waals surface area contributed by atoms with Crippen LogP contribution in [0, 0.1) is 0 Å². The van der Waals surface area contributed by atoms with Crippen LogP contribution in [0.15, 0.2) is 71.3 Å². The fourth-order valence-corrected chi connectivity index (χ4v) is 4.41. The first-order valence-corrected chi connectivity index (χ1v) is 10.6. The molecule has 3 aromatic rings. The van der Waals surface area contributed by atoms with Crippen LogP contribution in [0.3, 0.4) is 0 Å². The van der Waals surface area contributed by atoms with Crippen molar-refractivity contribution in [2.24, 2.45) is 0 Å². The number of carbonyl (C=O) groups excluding carboxylic acids is 2. The summed E-state index contributed by atoms with van der Waals surface area (Å²) >= 11 is 1.19. The SMILES string of the molecule is COc1cc(OC)cc(C2C(C(=O)c3cccs3)=C(O)C(=O)N2c2cccc(C(=O)O)c2)c1. The molecule has 0 saturated carbocycles. The Morgan fingerprint density at radius 2 is 1.70 bits per heavy atom. The van der Waals surface area contributed by atoms with Gasteiger partial charge in [-0.05, 0) is 47.3 Å². The molecular formula is C24H19NO7S. The summed E-state index contributed by atoms with van der Waals surface area (Å²) in [5.41, 5.74) is 0.509. The van der Waals surface area contributed by atoms with Gasteiger partial charge in [-0.2, -0.15) is 0 Å². The molecule has 2 aromatic carbocycles. The predicted molar refractivity (Wildman–Crippen MR) is 121 cm³/mol. The zero-order valence-corrected chi connectivity index (χ0v) is 18.5. The maximum atomic E-state index is 13.4. The third kappa shape index (κ3) is 3.94. The number of benzene rings is 2. The van der Waals surface area contributed by atoms with E-state index in [0.717, 1.165) is 0 Å². The van der Waals surface area contributed by atoms with Crippen LogP contribution in [0.25, 0.3) is 0 Å². The lowest BCUT2D eigenvalue weighted by Crippen LogP contribution is -2.31. The average Bonchev–Trinajstić information content (AvgIpc) is 3.45. The van der Waals surface area contributed by atoms with Crippen LogP contribution in [-0.2, 0) is 4.79 Å². The molecule has 1 aliphatic rings. The van der Waals surface area contributed by atoms with Gasteiger partial charge >= 0.3 is 5.97 Å². The van der Waals surface area contributed by atoms with Crippen molar-refractivity contribution in [3.8, 4) is 11.5 Å². The van der Waals surface area contributed by atoms with Gasteiger partial charge in [0.05, 0.1) is 36.3 Å². The van der Waals surface area contributed by atoms with Gasteiger partial charge in [0.25, 0.3) is 5.91 Å². The fraction of sp³-hybridized carbons (Fsp3) is 0.125. The Kier molecular flexibility index (Phi) is 5.89. The first-order chi connectivity index (χ1) is 15.8. The highest BCUT2D eigenvalue weighted by atomic mass is 32.1. The monoisotopic (exact) mass is 465 g/mol. The van der Waals surface area contributed by atoms with Crippen molar-refractivity contribution in [2.75, 3.05) is 19.1 Å². The van der Waals surface area contributed by atoms with Crippen LogP contribution in [-0.4, -0.2) is 42.1 Å². The van der Waals surface area contributed by atoms with Crippen molar-refractivity contribution in [3.05, 3.63) is 87.3 Å². The number of aromatic carboxylic acids is 1. The number of methoxy groups -OCH3 is 2. The molecule has 0 bridgehead atoms. The summed E-state index contributed by atoms with van der Waals surface area (Å²) in [5.74, 6) is -2.34. The second-order valence-electron chi connectivity index (χ2n) is 7.15. The summed E-state index contributed by atoms with van der Waals surface area (Å²) in [6.45, 7) is 0. The maximum Gasteiger partial charge on any atom is 0.335 e. The van der Waals surface area contributed by atoms with Gasteiger partial charge in [0.15, 0.2) is 5.76 Å². The smallest absolute Gasteiger partial charge is 0.335 e. The number of aliphatic hydroxyl groups excluding tert-OH is 1. The van der Waals surface area contributed by atoms with Gasteiger partial charge in [-0.15, -0.1) is 11.3 Å². The van der Waals surface area contributed by atoms with Crippen molar-refractivity contribution in [1.29, 1.82) is 0 Å². The Morgan fingerprint density at radius 3 is 2.27 bits per heavy atom. The molecule has 168 valence electrons. The first kappa shape index (κ1) is 22.1. The van der Waals surface area contributed by atoms with Gasteiger partial charge in [-0.1, -0.05) is 12.1 Å². The minimum Gasteiger partial charge on any atom is -0.503 e. The lowest BCUT2D eigenvalue weighted by atomic mass is 9.94. The van der Waals surface area contributed by atoms with E-state index < -0.39 is 29.5 Å². The third-order valence-corrected chi connectivity index (χ3v) is 6.13. The topological polar surface area (TPSA) is 113 Å². The van der Waals surface area contributed by atoms with Crippen LogP contribution < -0.4 is 14.4 Å². The predicted octanol–water partition coefficient (Wildman–Crippen LogP) is 4.25. The molecule has 1 unspecified atom stereocenters. The Bertz CT molecular complexity index is 1260. The molecule has 2 N–H and O–H groups in total. The number of carboxylic acids is 1. The summed E-state index contributed by atoms with van der Waals surface area (Å²) in [4.78, 5) is 39.7. The summed E-state index contributed by atoms with van der Waals surface area (Å²) in [6.07, 6.45) is 0. The number of rotatable bonds is 7. The molecular weight excluding hydrogens is 446 g/mol. The quantitative estimate of drug-likeness (QED) is 0.502. The third-order valence-electron chi connectivity index (χ3n) is 5.26. The number of aliphatic hydroxyl groups is 1. The van der Waals surface area contributed by atoms with Crippen LogP contribution in [0.1, 0.15) is 31.6 Å². The van der Waals surface area contributed by atoms with Gasteiger partial charge in [-0.25, -0.2) is 4.79 Å². The molecule has 4 rings (SSSR count). The minimum atomic E-state index is -1.17. The normalized spacial score (nSPS) is 15.6. The number of hydrogen-bond acceptors (Lipinski definition) is 7. The van der Waals surface area contributed by atoms with Crippen LogP contribution >= 0.6 is 11.3 Å². The molecule has 2 heterocycles. The Morgan fingerprint density at radius 1 is 1.00 bits per heavy atom. The minimum absolute atomic E-state index is 0.0419. The molecule has 1 amide bonds. The van der Waals surface area contributed by atoms with Gasteiger partial charge in [-0.3, -0.25) is 14.5 Å². The summed E-state index contributed by atoms with van der Waals surface area (Å²) in [5, 5.41) is 21.9. The van der Waals surface area contributed by atoms with E-state index in [9.17, 15) is 24.6 Å². The number of amides is 1. The largest absolute Gasteiger partial charge is 0.503 e. The molecule has 0 saturated heterocycles. The zero-order chi connectivity index (χ0) is 23.7. The van der Waals surface area contributed by atoms with Crippen LogP contribution in [0.5, 0.6) is 11.5 Å². The van der Waals surface area contributed by atoms with Crippen molar-refractivity contribution in [1.82, 2.24) is 0 Å². The fourth-order valence-electron chi connectivity index (χ4n) is 3.74. The molecule has 0 radical (unpaired) electrons. The number of ether oxygens (including phenoxy) is 2. The standard InChI is InChI=1S/C24H19NO7S/c1-31-16-10-14(11-17(12-16)32-2)20-19(21(26)18-7-4-8-33-18)22(27)23(28)25(20)15-6-3-5-13(9-15)24(29)30/h3-12,20,27H,1-2H3,(H,29,30). The van der Waals surface area contributed by atoms with E-state index in [1.165, 1.54) is 48.7 Å².